The average Bonchev–Trinajstić information content (AvgIpc) is 2.29. The molecule has 0 aromatic carbocycles. The van der Waals surface area contributed by atoms with Crippen LogP contribution in [-0.2, 0) is 9.84 Å². The molecule has 0 spiro atoms. The standard InChI is InChI=1S/C11H19N3O2S/c1-3-6-12-10(5-9-17(2,15)16)11-13-7-4-8-14-11/h4,7-8,10,12H,3,5-6,9H2,1-2H3. The van der Waals surface area contributed by atoms with E-state index in [2.05, 4.69) is 22.2 Å². The van der Waals surface area contributed by atoms with Gasteiger partial charge in [-0.2, -0.15) is 0 Å². The van der Waals surface area contributed by atoms with Crippen molar-refractivity contribution < 1.29 is 8.42 Å². The smallest absolute Gasteiger partial charge is 0.147 e. The predicted octanol–water partition coefficient (Wildman–Crippen LogP) is 0.952. The summed E-state index contributed by atoms with van der Waals surface area (Å²) in [4.78, 5) is 8.33. The Morgan fingerprint density at radius 2 is 2.00 bits per heavy atom. The molecule has 1 atom stereocenters. The van der Waals surface area contributed by atoms with E-state index >= 15 is 0 Å². The Kier molecular flexibility index (Phi) is 5.50. The first-order valence-electron chi connectivity index (χ1n) is 5.71. The molecule has 1 unspecified atom stereocenters. The second-order valence-corrected chi connectivity index (χ2v) is 6.29. The van der Waals surface area contributed by atoms with Crippen LogP contribution in [0.2, 0.25) is 0 Å². The van der Waals surface area contributed by atoms with E-state index in [4.69, 9.17) is 0 Å². The normalized spacial score (nSPS) is 13.5. The summed E-state index contributed by atoms with van der Waals surface area (Å²) in [6, 6.07) is 1.66. The number of rotatable bonds is 7. The Morgan fingerprint density at radius 1 is 1.35 bits per heavy atom. The van der Waals surface area contributed by atoms with Crippen molar-refractivity contribution in [3.8, 4) is 0 Å². The monoisotopic (exact) mass is 257 g/mol. The van der Waals surface area contributed by atoms with Gasteiger partial charge in [-0.05, 0) is 25.5 Å². The lowest BCUT2D eigenvalue weighted by Crippen LogP contribution is -2.26. The van der Waals surface area contributed by atoms with Crippen LogP contribution in [0.25, 0.3) is 0 Å². The van der Waals surface area contributed by atoms with Crippen molar-refractivity contribution in [2.45, 2.75) is 25.8 Å². The minimum absolute atomic E-state index is 0.0918. The number of aromatic nitrogens is 2. The van der Waals surface area contributed by atoms with Gasteiger partial charge in [-0.25, -0.2) is 18.4 Å². The molecule has 0 aliphatic heterocycles. The molecule has 0 bridgehead atoms. The topological polar surface area (TPSA) is 72.0 Å². The molecule has 0 amide bonds. The molecule has 5 nitrogen and oxygen atoms in total. The lowest BCUT2D eigenvalue weighted by Gasteiger charge is -2.16. The molecule has 1 N–H and O–H groups in total. The second kappa shape index (κ2) is 6.66. The van der Waals surface area contributed by atoms with Crippen LogP contribution in [0.4, 0.5) is 0 Å². The fraction of sp³-hybridized carbons (Fsp3) is 0.636. The Morgan fingerprint density at radius 3 is 2.53 bits per heavy atom. The molecule has 0 aliphatic rings. The molecule has 1 aromatic rings. The molecule has 17 heavy (non-hydrogen) atoms. The minimum atomic E-state index is -2.95. The first-order valence-corrected chi connectivity index (χ1v) is 7.77. The summed E-state index contributed by atoms with van der Waals surface area (Å²) in [5.41, 5.74) is 0. The molecule has 1 rings (SSSR count). The van der Waals surface area contributed by atoms with Gasteiger partial charge in [-0.3, -0.25) is 0 Å². The van der Waals surface area contributed by atoms with E-state index in [1.165, 1.54) is 6.26 Å². The van der Waals surface area contributed by atoms with Crippen molar-refractivity contribution >= 4 is 9.84 Å². The summed E-state index contributed by atoms with van der Waals surface area (Å²) in [5.74, 6) is 0.803. The maximum absolute atomic E-state index is 11.2. The molecule has 6 heteroatoms. The van der Waals surface area contributed by atoms with Crippen LogP contribution in [0.3, 0.4) is 0 Å². The van der Waals surface area contributed by atoms with Gasteiger partial charge in [0, 0.05) is 18.6 Å². The van der Waals surface area contributed by atoms with Crippen molar-refractivity contribution in [1.29, 1.82) is 0 Å². The zero-order chi connectivity index (χ0) is 12.7. The van der Waals surface area contributed by atoms with Crippen molar-refractivity contribution in [3.63, 3.8) is 0 Å². The molecule has 1 aromatic heterocycles. The Bertz CT molecular complexity index is 420. The summed E-state index contributed by atoms with van der Waals surface area (Å²) in [6.07, 6.45) is 6.08. The summed E-state index contributed by atoms with van der Waals surface area (Å²) in [6.45, 7) is 2.89. The minimum Gasteiger partial charge on any atom is -0.307 e. The van der Waals surface area contributed by atoms with Gasteiger partial charge in [-0.15, -0.1) is 0 Å². The highest BCUT2D eigenvalue weighted by Gasteiger charge is 2.15. The molecular formula is C11H19N3O2S. The van der Waals surface area contributed by atoms with Gasteiger partial charge in [0.1, 0.15) is 15.7 Å². The zero-order valence-electron chi connectivity index (χ0n) is 10.3. The predicted molar refractivity (Wildman–Crippen MR) is 67.4 cm³/mol. The van der Waals surface area contributed by atoms with Crippen molar-refractivity contribution in [3.05, 3.63) is 24.3 Å². The van der Waals surface area contributed by atoms with Crippen molar-refractivity contribution in [2.24, 2.45) is 0 Å². The van der Waals surface area contributed by atoms with Crippen LogP contribution in [0, 0.1) is 0 Å². The van der Waals surface area contributed by atoms with Crippen molar-refractivity contribution in [1.82, 2.24) is 15.3 Å². The third-order valence-corrected chi connectivity index (χ3v) is 3.29. The number of nitrogens with one attached hydrogen (secondary N) is 1. The molecule has 1 heterocycles. The average molecular weight is 257 g/mol. The zero-order valence-corrected chi connectivity index (χ0v) is 11.1. The number of hydrogen-bond donors (Lipinski definition) is 1. The number of hydrogen-bond acceptors (Lipinski definition) is 5. The molecule has 0 saturated heterocycles. The first kappa shape index (κ1) is 14.1. The Hall–Kier alpha value is -1.01. The van der Waals surface area contributed by atoms with Gasteiger partial charge in [0.05, 0.1) is 11.8 Å². The van der Waals surface area contributed by atoms with Crippen LogP contribution in [0.5, 0.6) is 0 Å². The van der Waals surface area contributed by atoms with Gasteiger partial charge in [0.2, 0.25) is 0 Å². The van der Waals surface area contributed by atoms with E-state index in [0.29, 0.717) is 12.2 Å². The SMILES string of the molecule is CCCNC(CCS(C)(=O)=O)c1ncccn1. The third kappa shape index (κ3) is 5.74. The number of sulfone groups is 1. The third-order valence-electron chi connectivity index (χ3n) is 2.32. The fourth-order valence-electron chi connectivity index (χ4n) is 1.46. The van der Waals surface area contributed by atoms with E-state index in [-0.39, 0.29) is 11.8 Å². The van der Waals surface area contributed by atoms with Crippen molar-refractivity contribution in [2.75, 3.05) is 18.6 Å². The van der Waals surface area contributed by atoms with E-state index < -0.39 is 9.84 Å². The highest BCUT2D eigenvalue weighted by molar-refractivity contribution is 7.90. The first-order chi connectivity index (χ1) is 8.03. The highest BCUT2D eigenvalue weighted by Crippen LogP contribution is 2.12. The quantitative estimate of drug-likeness (QED) is 0.787. The van der Waals surface area contributed by atoms with E-state index in [0.717, 1.165) is 13.0 Å². The van der Waals surface area contributed by atoms with Crippen LogP contribution >= 0.6 is 0 Å². The fourth-order valence-corrected chi connectivity index (χ4v) is 2.13. The van der Waals surface area contributed by atoms with Gasteiger partial charge in [0.25, 0.3) is 0 Å². The van der Waals surface area contributed by atoms with Crippen LogP contribution in [0.15, 0.2) is 18.5 Å². The summed E-state index contributed by atoms with van der Waals surface area (Å²) in [5, 5.41) is 3.27. The second-order valence-electron chi connectivity index (χ2n) is 4.03. The summed E-state index contributed by atoms with van der Waals surface area (Å²) in [7, 11) is -2.95. The number of nitrogens with zero attached hydrogens (tertiary/aromatic N) is 2. The van der Waals surface area contributed by atoms with Gasteiger partial charge < -0.3 is 5.32 Å². The molecule has 0 fully saturated rings. The Balaban J connectivity index is 2.67. The van der Waals surface area contributed by atoms with Crippen LogP contribution in [0.1, 0.15) is 31.6 Å². The molecule has 96 valence electrons. The molecular weight excluding hydrogens is 238 g/mol. The van der Waals surface area contributed by atoms with Crippen LogP contribution < -0.4 is 5.32 Å². The molecule has 0 saturated carbocycles. The maximum atomic E-state index is 11.2. The van der Waals surface area contributed by atoms with E-state index in [1.807, 2.05) is 0 Å². The van der Waals surface area contributed by atoms with Gasteiger partial charge in [0.15, 0.2) is 0 Å². The highest BCUT2D eigenvalue weighted by atomic mass is 32.2. The molecule has 0 aliphatic carbocycles. The van der Waals surface area contributed by atoms with Crippen LogP contribution in [-0.4, -0.2) is 36.9 Å². The lowest BCUT2D eigenvalue weighted by atomic mass is 10.2. The summed E-state index contributed by atoms with van der Waals surface area (Å²) >= 11 is 0. The maximum Gasteiger partial charge on any atom is 0.147 e. The van der Waals surface area contributed by atoms with E-state index in [9.17, 15) is 8.42 Å². The van der Waals surface area contributed by atoms with Gasteiger partial charge >= 0.3 is 0 Å². The summed E-state index contributed by atoms with van der Waals surface area (Å²) < 4.78 is 22.3. The largest absolute Gasteiger partial charge is 0.307 e. The molecule has 0 radical (unpaired) electrons. The lowest BCUT2D eigenvalue weighted by molar-refractivity contribution is 0.491. The van der Waals surface area contributed by atoms with Gasteiger partial charge in [-0.1, -0.05) is 6.92 Å². The van der Waals surface area contributed by atoms with E-state index in [1.54, 1.807) is 18.5 Å². The Labute approximate surface area is 103 Å².